The van der Waals surface area contributed by atoms with Gasteiger partial charge in [0.15, 0.2) is 5.69 Å². The molecular formula is C26H32N4O4. The number of fused-ring (bicyclic) bond motifs is 1. The molecule has 34 heavy (non-hydrogen) atoms. The lowest BCUT2D eigenvalue weighted by atomic mass is 10.0. The molecule has 1 fully saturated rings. The highest BCUT2D eigenvalue weighted by Gasteiger charge is 2.25. The lowest BCUT2D eigenvalue weighted by Gasteiger charge is -2.35. The third-order valence-electron chi connectivity index (χ3n) is 6.06. The molecule has 4 rings (SSSR count). The van der Waals surface area contributed by atoms with Crippen molar-refractivity contribution in [3.63, 3.8) is 0 Å². The highest BCUT2D eigenvalue weighted by atomic mass is 16.5. The van der Waals surface area contributed by atoms with Crippen molar-refractivity contribution >= 4 is 16.7 Å². The molecule has 2 heterocycles. The van der Waals surface area contributed by atoms with E-state index in [9.17, 15) is 9.59 Å². The molecule has 1 N–H and O–H groups in total. The van der Waals surface area contributed by atoms with Gasteiger partial charge in [-0.15, -0.1) is 0 Å². The van der Waals surface area contributed by atoms with E-state index in [0.29, 0.717) is 37.1 Å². The van der Waals surface area contributed by atoms with E-state index < -0.39 is 0 Å². The average Bonchev–Trinajstić information content (AvgIpc) is 2.86. The van der Waals surface area contributed by atoms with Crippen molar-refractivity contribution in [2.24, 2.45) is 5.92 Å². The Labute approximate surface area is 199 Å². The van der Waals surface area contributed by atoms with Crippen LogP contribution in [-0.2, 0) is 11.3 Å². The largest absolute Gasteiger partial charge is 0.497 e. The van der Waals surface area contributed by atoms with Crippen molar-refractivity contribution < 1.29 is 14.3 Å². The lowest BCUT2D eigenvalue weighted by Crippen LogP contribution is -2.44. The molecule has 1 aromatic heterocycles. The highest BCUT2D eigenvalue weighted by Crippen LogP contribution is 2.24. The Morgan fingerprint density at radius 1 is 1.09 bits per heavy atom. The van der Waals surface area contributed by atoms with Crippen LogP contribution in [0.4, 0.5) is 0 Å². The number of nitrogens with zero attached hydrogens (tertiary/aromatic N) is 3. The van der Waals surface area contributed by atoms with Crippen molar-refractivity contribution in [1.29, 1.82) is 0 Å². The number of morpholine rings is 1. The minimum atomic E-state index is -0.291. The number of aromatic nitrogens is 2. The summed E-state index contributed by atoms with van der Waals surface area (Å²) in [6.45, 7) is 7.78. The van der Waals surface area contributed by atoms with E-state index in [1.54, 1.807) is 19.2 Å². The third-order valence-corrected chi connectivity index (χ3v) is 6.06. The maximum atomic E-state index is 13.4. The van der Waals surface area contributed by atoms with E-state index in [1.165, 1.54) is 4.68 Å². The molecular weight excluding hydrogens is 432 g/mol. The second-order valence-electron chi connectivity index (χ2n) is 8.92. The molecule has 8 heteroatoms. The summed E-state index contributed by atoms with van der Waals surface area (Å²) in [6, 6.07) is 15.1. The first-order chi connectivity index (χ1) is 16.5. The van der Waals surface area contributed by atoms with Crippen LogP contribution in [-0.4, -0.2) is 60.5 Å². The topological polar surface area (TPSA) is 85.7 Å². The van der Waals surface area contributed by atoms with Crippen molar-refractivity contribution in [3.05, 3.63) is 70.1 Å². The summed E-state index contributed by atoms with van der Waals surface area (Å²) in [4.78, 5) is 28.6. The number of carbonyl (C=O) groups excluding carboxylic acids is 1. The summed E-state index contributed by atoms with van der Waals surface area (Å²) in [5.41, 5.74) is 1.18. The number of methoxy groups -OCH3 is 1. The molecule has 0 spiro atoms. The Bertz CT molecular complexity index is 1180. The predicted molar refractivity (Wildman–Crippen MR) is 131 cm³/mol. The molecule has 1 unspecified atom stereocenters. The zero-order chi connectivity index (χ0) is 24.1. The van der Waals surface area contributed by atoms with Crippen LogP contribution in [0.1, 0.15) is 35.9 Å². The Kier molecular flexibility index (Phi) is 7.59. The lowest BCUT2D eigenvalue weighted by molar-refractivity contribution is 0.0162. The second kappa shape index (κ2) is 10.8. The SMILES string of the molecule is COc1ccc(C(CNC(=O)c2nn(CC(C)C)c(=O)c3ccccc23)N2CCOCC2)cc1. The van der Waals surface area contributed by atoms with E-state index in [2.05, 4.69) is 15.3 Å². The summed E-state index contributed by atoms with van der Waals surface area (Å²) >= 11 is 0. The summed E-state index contributed by atoms with van der Waals surface area (Å²) in [7, 11) is 1.64. The van der Waals surface area contributed by atoms with Crippen molar-refractivity contribution in [2.45, 2.75) is 26.4 Å². The second-order valence-corrected chi connectivity index (χ2v) is 8.92. The van der Waals surface area contributed by atoms with Gasteiger partial charge < -0.3 is 14.8 Å². The summed E-state index contributed by atoms with van der Waals surface area (Å²) < 4.78 is 12.2. The van der Waals surface area contributed by atoms with Crippen LogP contribution in [0.2, 0.25) is 0 Å². The van der Waals surface area contributed by atoms with Gasteiger partial charge in [0.05, 0.1) is 31.8 Å². The zero-order valence-corrected chi connectivity index (χ0v) is 20.0. The van der Waals surface area contributed by atoms with Gasteiger partial charge in [-0.25, -0.2) is 4.68 Å². The number of hydrogen-bond donors (Lipinski definition) is 1. The molecule has 0 bridgehead atoms. The Morgan fingerprint density at radius 3 is 2.41 bits per heavy atom. The van der Waals surface area contributed by atoms with E-state index in [1.807, 2.05) is 50.2 Å². The van der Waals surface area contributed by atoms with Crippen molar-refractivity contribution in [3.8, 4) is 5.75 Å². The number of hydrogen-bond acceptors (Lipinski definition) is 6. The number of nitrogens with one attached hydrogen (secondary N) is 1. The Hall–Kier alpha value is -3.23. The van der Waals surface area contributed by atoms with E-state index >= 15 is 0 Å². The summed E-state index contributed by atoms with van der Waals surface area (Å²) in [5, 5.41) is 8.62. The molecule has 2 aromatic carbocycles. The smallest absolute Gasteiger partial charge is 0.274 e. The molecule has 1 atom stereocenters. The van der Waals surface area contributed by atoms with Crippen molar-refractivity contribution in [1.82, 2.24) is 20.0 Å². The minimum Gasteiger partial charge on any atom is -0.497 e. The first kappa shape index (κ1) is 23.9. The van der Waals surface area contributed by atoms with Gasteiger partial charge in [-0.1, -0.05) is 44.2 Å². The number of carbonyl (C=O) groups is 1. The van der Waals surface area contributed by atoms with E-state index in [0.717, 1.165) is 24.4 Å². The molecule has 0 saturated carbocycles. The first-order valence-corrected chi connectivity index (χ1v) is 11.7. The van der Waals surface area contributed by atoms with Gasteiger partial charge in [-0.2, -0.15) is 5.10 Å². The Balaban J connectivity index is 1.62. The molecule has 3 aromatic rings. The van der Waals surface area contributed by atoms with Gasteiger partial charge >= 0.3 is 0 Å². The maximum Gasteiger partial charge on any atom is 0.274 e. The highest BCUT2D eigenvalue weighted by molar-refractivity contribution is 6.04. The van der Waals surface area contributed by atoms with Crippen molar-refractivity contribution in [2.75, 3.05) is 40.0 Å². The number of benzene rings is 2. The van der Waals surface area contributed by atoms with Crippen LogP contribution in [0.25, 0.3) is 10.8 Å². The summed E-state index contributed by atoms with van der Waals surface area (Å²) in [5.74, 6) is 0.722. The predicted octanol–water partition coefficient (Wildman–Crippen LogP) is 2.86. The van der Waals surface area contributed by atoms with Gasteiger partial charge in [0.25, 0.3) is 11.5 Å². The fourth-order valence-corrected chi connectivity index (χ4v) is 4.32. The van der Waals surface area contributed by atoms with E-state index in [4.69, 9.17) is 9.47 Å². The number of rotatable bonds is 8. The fourth-order valence-electron chi connectivity index (χ4n) is 4.32. The third kappa shape index (κ3) is 5.29. The normalized spacial score (nSPS) is 15.4. The fraction of sp³-hybridized carbons (Fsp3) is 0.423. The Morgan fingerprint density at radius 2 is 1.76 bits per heavy atom. The van der Waals surface area contributed by atoms with Gasteiger partial charge in [0.1, 0.15) is 5.75 Å². The summed E-state index contributed by atoms with van der Waals surface area (Å²) in [6.07, 6.45) is 0. The van der Waals surface area contributed by atoms with Gasteiger partial charge in [-0.05, 0) is 29.7 Å². The molecule has 180 valence electrons. The minimum absolute atomic E-state index is 0.0217. The first-order valence-electron chi connectivity index (χ1n) is 11.7. The number of amides is 1. The van der Waals surface area contributed by atoms with Crippen LogP contribution in [0.5, 0.6) is 5.75 Å². The molecule has 0 aliphatic carbocycles. The van der Waals surface area contributed by atoms with Gasteiger partial charge in [0, 0.05) is 31.6 Å². The van der Waals surface area contributed by atoms with Crippen LogP contribution >= 0.6 is 0 Å². The van der Waals surface area contributed by atoms with Crippen LogP contribution < -0.4 is 15.6 Å². The molecule has 1 saturated heterocycles. The van der Waals surface area contributed by atoms with Crippen LogP contribution in [0, 0.1) is 5.92 Å². The van der Waals surface area contributed by atoms with Crippen LogP contribution in [0.15, 0.2) is 53.3 Å². The van der Waals surface area contributed by atoms with Crippen LogP contribution in [0.3, 0.4) is 0 Å². The molecule has 0 radical (unpaired) electrons. The van der Waals surface area contributed by atoms with Gasteiger partial charge in [0.2, 0.25) is 0 Å². The maximum absolute atomic E-state index is 13.4. The zero-order valence-electron chi connectivity index (χ0n) is 20.0. The molecule has 1 aliphatic heterocycles. The average molecular weight is 465 g/mol. The van der Waals surface area contributed by atoms with Gasteiger partial charge in [-0.3, -0.25) is 14.5 Å². The molecule has 1 aliphatic rings. The van der Waals surface area contributed by atoms with E-state index in [-0.39, 0.29) is 29.1 Å². The molecule has 8 nitrogen and oxygen atoms in total. The number of ether oxygens (including phenoxy) is 2. The quantitative estimate of drug-likeness (QED) is 0.552. The standard InChI is InChI=1S/C26H32N4O4/c1-18(2)17-30-26(32)22-7-5-4-6-21(22)24(28-30)25(31)27-16-23(29-12-14-34-15-13-29)19-8-10-20(33-3)11-9-19/h4-11,18,23H,12-17H2,1-3H3,(H,27,31). The molecule has 1 amide bonds. The monoisotopic (exact) mass is 464 g/mol.